The van der Waals surface area contributed by atoms with E-state index in [0.29, 0.717) is 18.2 Å². The quantitative estimate of drug-likeness (QED) is 0.726. The van der Waals surface area contributed by atoms with Crippen molar-refractivity contribution in [1.82, 2.24) is 15.1 Å². The van der Waals surface area contributed by atoms with Crippen molar-refractivity contribution in [3.05, 3.63) is 11.8 Å². The van der Waals surface area contributed by atoms with E-state index in [1.165, 1.54) is 0 Å². The molecular weight excluding hydrogens is 234 g/mol. The van der Waals surface area contributed by atoms with Crippen LogP contribution in [0.2, 0.25) is 0 Å². The Balaban J connectivity index is 2.23. The second-order valence-electron chi connectivity index (χ2n) is 4.76. The molecule has 17 heavy (non-hydrogen) atoms. The van der Waals surface area contributed by atoms with Gasteiger partial charge in [-0.3, -0.25) is 4.68 Å². The molecule has 0 saturated heterocycles. The average Bonchev–Trinajstić information content (AvgIpc) is 2.54. The first kappa shape index (κ1) is 14.5. The maximum atomic E-state index is 9.81. The number of nitrogens with one attached hydrogen (secondary N) is 1. The number of nitrogens with zero attached hydrogens (tertiary/aromatic N) is 2. The van der Waals surface area contributed by atoms with Gasteiger partial charge in [-0.2, -0.15) is 5.10 Å². The second-order valence-corrected chi connectivity index (χ2v) is 5.80. The lowest BCUT2D eigenvalue weighted by molar-refractivity contribution is 0.194. The third-order valence-corrected chi connectivity index (χ3v) is 3.54. The Kier molecular flexibility index (Phi) is 6.02. The Morgan fingerprint density at radius 1 is 1.47 bits per heavy atom. The molecule has 1 rings (SSSR count). The fourth-order valence-electron chi connectivity index (χ4n) is 1.50. The lowest BCUT2D eigenvalue weighted by Crippen LogP contribution is -2.31. The van der Waals surface area contributed by atoms with E-state index < -0.39 is 0 Å². The van der Waals surface area contributed by atoms with Crippen molar-refractivity contribution in [2.45, 2.75) is 31.9 Å². The molecule has 0 amide bonds. The molecule has 1 heterocycles. The van der Waals surface area contributed by atoms with Gasteiger partial charge in [-0.25, -0.2) is 0 Å². The number of aliphatic hydroxyl groups excluding tert-OH is 1. The van der Waals surface area contributed by atoms with Crippen molar-refractivity contribution < 1.29 is 5.11 Å². The standard InChI is InChI=1S/C12H23N3OS/c1-9(2)6-13-7-11(16)8-17-12-5-10(3)14-15(12)4/h5,9,11,13,16H,6-8H2,1-4H3. The molecule has 0 aliphatic rings. The lowest BCUT2D eigenvalue weighted by atomic mass is 10.2. The molecule has 0 fully saturated rings. The van der Waals surface area contributed by atoms with Gasteiger partial charge < -0.3 is 10.4 Å². The highest BCUT2D eigenvalue weighted by Gasteiger charge is 2.08. The molecule has 0 radical (unpaired) electrons. The van der Waals surface area contributed by atoms with E-state index in [2.05, 4.69) is 24.3 Å². The minimum absolute atomic E-state index is 0.311. The number of hydrogen-bond acceptors (Lipinski definition) is 4. The maximum absolute atomic E-state index is 9.81. The molecule has 1 unspecified atom stereocenters. The van der Waals surface area contributed by atoms with Crippen molar-refractivity contribution in [3.8, 4) is 0 Å². The number of aryl methyl sites for hydroxylation is 2. The highest BCUT2D eigenvalue weighted by Crippen LogP contribution is 2.18. The molecular formula is C12H23N3OS. The zero-order valence-electron chi connectivity index (χ0n) is 11.1. The van der Waals surface area contributed by atoms with Crippen molar-refractivity contribution in [2.24, 2.45) is 13.0 Å². The van der Waals surface area contributed by atoms with Crippen LogP contribution in [-0.4, -0.2) is 39.8 Å². The number of aromatic nitrogens is 2. The van der Waals surface area contributed by atoms with E-state index >= 15 is 0 Å². The normalized spacial score (nSPS) is 13.3. The third-order valence-electron chi connectivity index (χ3n) is 2.32. The lowest BCUT2D eigenvalue weighted by Gasteiger charge is -2.12. The molecule has 4 nitrogen and oxygen atoms in total. The smallest absolute Gasteiger partial charge is 0.0940 e. The SMILES string of the molecule is Cc1cc(SCC(O)CNCC(C)C)n(C)n1. The van der Waals surface area contributed by atoms with Gasteiger partial charge in [0.2, 0.25) is 0 Å². The van der Waals surface area contributed by atoms with Crippen molar-refractivity contribution >= 4 is 11.8 Å². The van der Waals surface area contributed by atoms with Gasteiger partial charge in [0.05, 0.1) is 16.8 Å². The Hall–Kier alpha value is -0.520. The van der Waals surface area contributed by atoms with Crippen molar-refractivity contribution in [1.29, 1.82) is 0 Å². The van der Waals surface area contributed by atoms with Crippen LogP contribution in [0.1, 0.15) is 19.5 Å². The predicted molar refractivity (Wildman–Crippen MR) is 72.4 cm³/mol. The highest BCUT2D eigenvalue weighted by molar-refractivity contribution is 7.99. The monoisotopic (exact) mass is 257 g/mol. The van der Waals surface area contributed by atoms with Crippen LogP contribution in [-0.2, 0) is 7.05 Å². The van der Waals surface area contributed by atoms with E-state index in [1.54, 1.807) is 11.8 Å². The summed E-state index contributed by atoms with van der Waals surface area (Å²) in [5, 5.41) is 18.4. The van der Waals surface area contributed by atoms with Crippen LogP contribution in [0.4, 0.5) is 0 Å². The fraction of sp³-hybridized carbons (Fsp3) is 0.750. The van der Waals surface area contributed by atoms with Crippen LogP contribution in [0.3, 0.4) is 0 Å². The van der Waals surface area contributed by atoms with Crippen molar-refractivity contribution in [2.75, 3.05) is 18.8 Å². The van der Waals surface area contributed by atoms with Gasteiger partial charge in [0.25, 0.3) is 0 Å². The molecule has 0 aromatic carbocycles. The van der Waals surface area contributed by atoms with Crippen LogP contribution >= 0.6 is 11.8 Å². The van der Waals surface area contributed by atoms with Crippen LogP contribution in [0.25, 0.3) is 0 Å². The van der Waals surface area contributed by atoms with Gasteiger partial charge in [0.15, 0.2) is 0 Å². The topological polar surface area (TPSA) is 50.1 Å². The average molecular weight is 257 g/mol. The third kappa shape index (κ3) is 5.57. The van der Waals surface area contributed by atoms with Gasteiger partial charge in [0, 0.05) is 19.3 Å². The second kappa shape index (κ2) is 7.03. The minimum Gasteiger partial charge on any atom is -0.391 e. The molecule has 1 atom stereocenters. The van der Waals surface area contributed by atoms with E-state index in [-0.39, 0.29) is 6.10 Å². The van der Waals surface area contributed by atoms with E-state index in [9.17, 15) is 5.11 Å². The summed E-state index contributed by atoms with van der Waals surface area (Å²) in [6.07, 6.45) is -0.311. The summed E-state index contributed by atoms with van der Waals surface area (Å²) in [5.41, 5.74) is 1.02. The summed E-state index contributed by atoms with van der Waals surface area (Å²) < 4.78 is 1.86. The van der Waals surface area contributed by atoms with Crippen LogP contribution < -0.4 is 5.32 Å². The Morgan fingerprint density at radius 3 is 2.71 bits per heavy atom. The Labute approximate surface area is 108 Å². The Morgan fingerprint density at radius 2 is 2.18 bits per heavy atom. The largest absolute Gasteiger partial charge is 0.391 e. The Bertz CT molecular complexity index is 338. The number of aliphatic hydroxyl groups is 1. The fourth-order valence-corrected chi connectivity index (χ4v) is 2.46. The molecule has 2 N–H and O–H groups in total. The van der Waals surface area contributed by atoms with E-state index in [0.717, 1.165) is 17.3 Å². The van der Waals surface area contributed by atoms with Gasteiger partial charge >= 0.3 is 0 Å². The number of rotatable bonds is 7. The number of thioether (sulfide) groups is 1. The van der Waals surface area contributed by atoms with Crippen LogP contribution in [0, 0.1) is 12.8 Å². The summed E-state index contributed by atoms with van der Waals surface area (Å²) in [4.78, 5) is 0. The molecule has 1 aromatic rings. The number of hydrogen-bond donors (Lipinski definition) is 2. The van der Waals surface area contributed by atoms with Gasteiger partial charge in [-0.15, -0.1) is 11.8 Å². The molecule has 0 aliphatic carbocycles. The maximum Gasteiger partial charge on any atom is 0.0940 e. The van der Waals surface area contributed by atoms with Gasteiger partial charge in [-0.05, 0) is 25.5 Å². The van der Waals surface area contributed by atoms with Gasteiger partial charge in [0.1, 0.15) is 0 Å². The first-order valence-electron chi connectivity index (χ1n) is 6.01. The first-order chi connectivity index (χ1) is 7.99. The molecule has 0 aliphatic heterocycles. The summed E-state index contributed by atoms with van der Waals surface area (Å²) >= 11 is 1.65. The molecule has 5 heteroatoms. The molecule has 0 spiro atoms. The summed E-state index contributed by atoms with van der Waals surface area (Å²) in [5.74, 6) is 1.32. The summed E-state index contributed by atoms with van der Waals surface area (Å²) in [6, 6.07) is 2.04. The zero-order chi connectivity index (χ0) is 12.8. The van der Waals surface area contributed by atoms with E-state index in [4.69, 9.17) is 0 Å². The predicted octanol–water partition coefficient (Wildman–Crippen LogP) is 1.43. The highest BCUT2D eigenvalue weighted by atomic mass is 32.2. The molecule has 98 valence electrons. The summed E-state index contributed by atoms with van der Waals surface area (Å²) in [6.45, 7) is 7.90. The van der Waals surface area contributed by atoms with E-state index in [1.807, 2.05) is 24.7 Å². The first-order valence-corrected chi connectivity index (χ1v) is 6.99. The minimum atomic E-state index is -0.311. The van der Waals surface area contributed by atoms with Crippen LogP contribution in [0.15, 0.2) is 11.1 Å². The van der Waals surface area contributed by atoms with Crippen LogP contribution in [0.5, 0.6) is 0 Å². The summed E-state index contributed by atoms with van der Waals surface area (Å²) in [7, 11) is 1.93. The van der Waals surface area contributed by atoms with Gasteiger partial charge in [-0.1, -0.05) is 13.8 Å². The molecule has 0 bridgehead atoms. The molecule has 0 saturated carbocycles. The molecule has 1 aromatic heterocycles. The zero-order valence-corrected chi connectivity index (χ0v) is 11.9. The van der Waals surface area contributed by atoms with Crippen molar-refractivity contribution in [3.63, 3.8) is 0 Å².